The first-order valence-electron chi connectivity index (χ1n) is 8.39. The smallest absolute Gasteiger partial charge is 0.0702 e. The first-order chi connectivity index (χ1) is 9.33. The zero-order valence-electron chi connectivity index (χ0n) is 12.7. The van der Waals surface area contributed by atoms with Crippen LogP contribution in [0.15, 0.2) is 0 Å². The molecule has 2 unspecified atom stereocenters. The van der Waals surface area contributed by atoms with Crippen LogP contribution in [0.1, 0.15) is 58.3 Å². The SMILES string of the molecule is CCOC1CCCN(C(CN)CC2CCCCC2)C1. The van der Waals surface area contributed by atoms with Gasteiger partial charge in [0.05, 0.1) is 6.10 Å². The quantitative estimate of drug-likeness (QED) is 0.805. The summed E-state index contributed by atoms with van der Waals surface area (Å²) >= 11 is 0. The molecular weight excluding hydrogens is 236 g/mol. The van der Waals surface area contributed by atoms with Crippen molar-refractivity contribution in [2.75, 3.05) is 26.2 Å². The predicted octanol–water partition coefficient (Wildman–Crippen LogP) is 2.79. The Morgan fingerprint density at radius 2 is 1.95 bits per heavy atom. The van der Waals surface area contributed by atoms with E-state index in [1.165, 1.54) is 57.9 Å². The van der Waals surface area contributed by atoms with E-state index < -0.39 is 0 Å². The molecule has 0 aromatic rings. The fourth-order valence-electron chi connectivity index (χ4n) is 3.87. The number of ether oxygens (including phenoxy) is 1. The van der Waals surface area contributed by atoms with E-state index in [-0.39, 0.29) is 0 Å². The van der Waals surface area contributed by atoms with E-state index in [1.807, 2.05) is 0 Å². The highest BCUT2D eigenvalue weighted by atomic mass is 16.5. The van der Waals surface area contributed by atoms with Crippen molar-refractivity contribution in [2.24, 2.45) is 11.7 Å². The lowest BCUT2D eigenvalue weighted by atomic mass is 9.84. The van der Waals surface area contributed by atoms with Crippen LogP contribution in [0.4, 0.5) is 0 Å². The van der Waals surface area contributed by atoms with Crippen LogP contribution in [0.3, 0.4) is 0 Å². The number of hydrogen-bond donors (Lipinski definition) is 1. The highest BCUT2D eigenvalue weighted by Gasteiger charge is 2.27. The molecule has 1 aliphatic heterocycles. The fourth-order valence-corrected chi connectivity index (χ4v) is 3.87. The molecule has 2 fully saturated rings. The summed E-state index contributed by atoms with van der Waals surface area (Å²) in [5, 5.41) is 0. The molecule has 1 heterocycles. The predicted molar refractivity (Wildman–Crippen MR) is 80.3 cm³/mol. The summed E-state index contributed by atoms with van der Waals surface area (Å²) in [5.41, 5.74) is 6.06. The normalized spacial score (nSPS) is 28.4. The van der Waals surface area contributed by atoms with Gasteiger partial charge in [0, 0.05) is 25.7 Å². The van der Waals surface area contributed by atoms with Crippen molar-refractivity contribution in [2.45, 2.75) is 70.4 Å². The first kappa shape index (κ1) is 15.3. The number of piperidine rings is 1. The number of nitrogens with zero attached hydrogens (tertiary/aromatic N) is 1. The largest absolute Gasteiger partial charge is 0.377 e. The van der Waals surface area contributed by atoms with Gasteiger partial charge in [-0.05, 0) is 38.6 Å². The molecule has 2 aliphatic rings. The Kier molecular flexibility index (Phi) is 6.62. The van der Waals surface area contributed by atoms with Gasteiger partial charge in [-0.3, -0.25) is 4.90 Å². The van der Waals surface area contributed by atoms with Crippen LogP contribution in [-0.4, -0.2) is 43.3 Å². The molecular formula is C16H32N2O. The Morgan fingerprint density at radius 1 is 1.16 bits per heavy atom. The summed E-state index contributed by atoms with van der Waals surface area (Å²) in [6.07, 6.45) is 11.4. The second-order valence-corrected chi connectivity index (χ2v) is 6.34. The van der Waals surface area contributed by atoms with Crippen molar-refractivity contribution in [3.8, 4) is 0 Å². The second kappa shape index (κ2) is 8.23. The Hall–Kier alpha value is -0.120. The molecule has 2 N–H and O–H groups in total. The van der Waals surface area contributed by atoms with Crippen LogP contribution in [-0.2, 0) is 4.74 Å². The van der Waals surface area contributed by atoms with Crippen LogP contribution in [0, 0.1) is 5.92 Å². The third kappa shape index (κ3) is 4.73. The van der Waals surface area contributed by atoms with E-state index in [0.29, 0.717) is 12.1 Å². The molecule has 1 aliphatic carbocycles. The van der Waals surface area contributed by atoms with E-state index in [0.717, 1.165) is 25.6 Å². The van der Waals surface area contributed by atoms with Crippen LogP contribution >= 0.6 is 0 Å². The van der Waals surface area contributed by atoms with E-state index in [1.54, 1.807) is 0 Å². The van der Waals surface area contributed by atoms with Crippen molar-refractivity contribution >= 4 is 0 Å². The summed E-state index contributed by atoms with van der Waals surface area (Å²) < 4.78 is 5.82. The van der Waals surface area contributed by atoms with Gasteiger partial charge in [0.15, 0.2) is 0 Å². The first-order valence-corrected chi connectivity index (χ1v) is 8.39. The number of likely N-dealkylation sites (tertiary alicyclic amines) is 1. The molecule has 1 saturated carbocycles. The molecule has 2 rings (SSSR count). The lowest BCUT2D eigenvalue weighted by molar-refractivity contribution is -0.0100. The second-order valence-electron chi connectivity index (χ2n) is 6.34. The van der Waals surface area contributed by atoms with Gasteiger partial charge in [0.2, 0.25) is 0 Å². The van der Waals surface area contributed by atoms with Crippen molar-refractivity contribution in [3.63, 3.8) is 0 Å². The Bertz CT molecular complexity index is 239. The van der Waals surface area contributed by atoms with Crippen molar-refractivity contribution < 1.29 is 4.74 Å². The Labute approximate surface area is 118 Å². The van der Waals surface area contributed by atoms with E-state index in [2.05, 4.69) is 11.8 Å². The van der Waals surface area contributed by atoms with E-state index in [4.69, 9.17) is 10.5 Å². The lowest BCUT2D eigenvalue weighted by Crippen LogP contribution is -2.49. The van der Waals surface area contributed by atoms with Crippen molar-refractivity contribution in [3.05, 3.63) is 0 Å². The molecule has 0 spiro atoms. The summed E-state index contributed by atoms with van der Waals surface area (Å²) in [4.78, 5) is 2.61. The summed E-state index contributed by atoms with van der Waals surface area (Å²) in [7, 11) is 0. The minimum atomic E-state index is 0.444. The molecule has 0 bridgehead atoms. The van der Waals surface area contributed by atoms with Crippen molar-refractivity contribution in [1.29, 1.82) is 0 Å². The minimum Gasteiger partial charge on any atom is -0.377 e. The van der Waals surface area contributed by atoms with E-state index in [9.17, 15) is 0 Å². The Balaban J connectivity index is 1.81. The third-order valence-electron chi connectivity index (χ3n) is 4.93. The molecule has 1 saturated heterocycles. The maximum atomic E-state index is 6.06. The van der Waals surface area contributed by atoms with Gasteiger partial charge >= 0.3 is 0 Å². The molecule has 112 valence electrons. The molecule has 0 amide bonds. The van der Waals surface area contributed by atoms with Gasteiger partial charge in [-0.2, -0.15) is 0 Å². The maximum Gasteiger partial charge on any atom is 0.0702 e. The maximum absolute atomic E-state index is 6.06. The van der Waals surface area contributed by atoms with Crippen LogP contribution in [0.5, 0.6) is 0 Å². The van der Waals surface area contributed by atoms with Crippen LogP contribution in [0.25, 0.3) is 0 Å². The summed E-state index contributed by atoms with van der Waals surface area (Å²) in [6.45, 7) is 6.08. The molecule has 3 nitrogen and oxygen atoms in total. The fraction of sp³-hybridized carbons (Fsp3) is 1.00. The molecule has 0 aromatic heterocycles. The standard InChI is InChI=1S/C16H32N2O/c1-2-19-16-9-6-10-18(13-16)15(12-17)11-14-7-4-3-5-8-14/h14-16H,2-13,17H2,1H3. The molecule has 0 aromatic carbocycles. The average molecular weight is 268 g/mol. The minimum absolute atomic E-state index is 0.444. The number of hydrogen-bond acceptors (Lipinski definition) is 3. The topological polar surface area (TPSA) is 38.5 Å². The third-order valence-corrected chi connectivity index (χ3v) is 4.93. The van der Waals surface area contributed by atoms with Gasteiger partial charge in [0.1, 0.15) is 0 Å². The van der Waals surface area contributed by atoms with E-state index >= 15 is 0 Å². The summed E-state index contributed by atoms with van der Waals surface area (Å²) in [5.74, 6) is 0.926. The van der Waals surface area contributed by atoms with Gasteiger partial charge < -0.3 is 10.5 Å². The molecule has 3 heteroatoms. The monoisotopic (exact) mass is 268 g/mol. The summed E-state index contributed by atoms with van der Waals surface area (Å²) in [6, 6.07) is 0.589. The molecule has 0 radical (unpaired) electrons. The lowest BCUT2D eigenvalue weighted by Gasteiger charge is -2.39. The zero-order chi connectivity index (χ0) is 13.5. The van der Waals surface area contributed by atoms with Gasteiger partial charge in [-0.25, -0.2) is 0 Å². The molecule has 19 heavy (non-hydrogen) atoms. The van der Waals surface area contributed by atoms with Gasteiger partial charge in [-0.1, -0.05) is 32.1 Å². The number of rotatable bonds is 6. The van der Waals surface area contributed by atoms with Gasteiger partial charge in [-0.15, -0.1) is 0 Å². The Morgan fingerprint density at radius 3 is 2.63 bits per heavy atom. The van der Waals surface area contributed by atoms with Crippen molar-refractivity contribution in [1.82, 2.24) is 4.90 Å². The zero-order valence-corrected chi connectivity index (χ0v) is 12.7. The highest BCUT2D eigenvalue weighted by Crippen LogP contribution is 2.29. The number of nitrogens with two attached hydrogens (primary N) is 1. The van der Waals surface area contributed by atoms with Gasteiger partial charge in [0.25, 0.3) is 0 Å². The van der Waals surface area contributed by atoms with Crippen LogP contribution < -0.4 is 5.73 Å². The average Bonchev–Trinajstić information content (AvgIpc) is 2.46. The van der Waals surface area contributed by atoms with Crippen LogP contribution in [0.2, 0.25) is 0 Å². The highest BCUT2D eigenvalue weighted by molar-refractivity contribution is 4.83. The molecule has 2 atom stereocenters.